The lowest BCUT2D eigenvalue weighted by molar-refractivity contribution is 0.0916. The number of benzene rings is 2. The van der Waals surface area contributed by atoms with Crippen LogP contribution >= 0.6 is 0 Å². The standard InChI is InChI=1S/C17H16FN3O2/c18-13-3-1-2-11(6-13)7-14(9-22)21-17(23)12-4-5-15-16(8-12)20-10-19-15/h1-6,8,10,14,22H,7,9H2,(H,19,20)(H,21,23)/t14-/m1/s1. The number of hydrogen-bond acceptors (Lipinski definition) is 3. The molecular weight excluding hydrogens is 297 g/mol. The van der Waals surface area contributed by atoms with Gasteiger partial charge in [-0.3, -0.25) is 4.79 Å². The minimum atomic E-state index is -0.484. The van der Waals surface area contributed by atoms with Crippen molar-refractivity contribution in [3.05, 3.63) is 65.7 Å². The number of carbonyl (C=O) groups is 1. The number of nitrogens with zero attached hydrogens (tertiary/aromatic N) is 1. The Bertz CT molecular complexity index is 831. The molecule has 1 atom stereocenters. The maximum Gasteiger partial charge on any atom is 0.251 e. The van der Waals surface area contributed by atoms with E-state index in [0.717, 1.165) is 11.0 Å². The Morgan fingerprint density at radius 3 is 2.96 bits per heavy atom. The molecule has 0 bridgehead atoms. The van der Waals surface area contributed by atoms with Crippen LogP contribution < -0.4 is 5.32 Å². The second-order valence-electron chi connectivity index (χ2n) is 5.32. The summed E-state index contributed by atoms with van der Waals surface area (Å²) in [4.78, 5) is 19.3. The zero-order chi connectivity index (χ0) is 16.2. The number of H-pyrrole nitrogens is 1. The zero-order valence-electron chi connectivity index (χ0n) is 12.3. The van der Waals surface area contributed by atoms with E-state index in [9.17, 15) is 14.3 Å². The van der Waals surface area contributed by atoms with E-state index in [1.54, 1.807) is 36.7 Å². The average molecular weight is 313 g/mol. The Labute approximate surface area is 132 Å². The summed E-state index contributed by atoms with van der Waals surface area (Å²) in [5, 5.41) is 12.2. The number of nitrogens with one attached hydrogen (secondary N) is 2. The molecule has 0 fully saturated rings. The number of halogens is 1. The maximum atomic E-state index is 13.2. The molecule has 6 heteroatoms. The molecule has 2 aromatic carbocycles. The predicted octanol–water partition coefficient (Wildman–Crippen LogP) is 2.04. The van der Waals surface area contributed by atoms with Gasteiger partial charge in [0.15, 0.2) is 0 Å². The Morgan fingerprint density at radius 1 is 1.30 bits per heavy atom. The van der Waals surface area contributed by atoms with Crippen molar-refractivity contribution >= 4 is 16.9 Å². The highest BCUT2D eigenvalue weighted by Crippen LogP contribution is 2.12. The normalized spacial score (nSPS) is 12.3. The summed E-state index contributed by atoms with van der Waals surface area (Å²) < 4.78 is 13.2. The van der Waals surface area contributed by atoms with Crippen molar-refractivity contribution in [3.8, 4) is 0 Å². The highest BCUT2D eigenvalue weighted by atomic mass is 19.1. The lowest BCUT2D eigenvalue weighted by atomic mass is 10.1. The van der Waals surface area contributed by atoms with Gasteiger partial charge in [0.2, 0.25) is 0 Å². The summed E-state index contributed by atoms with van der Waals surface area (Å²) in [6.07, 6.45) is 1.92. The number of amides is 1. The summed E-state index contributed by atoms with van der Waals surface area (Å²) in [5.74, 6) is -0.632. The highest BCUT2D eigenvalue weighted by molar-refractivity contribution is 5.97. The number of aromatic amines is 1. The second kappa shape index (κ2) is 6.58. The molecule has 0 aliphatic heterocycles. The summed E-state index contributed by atoms with van der Waals surface area (Å²) >= 11 is 0. The number of aliphatic hydroxyl groups is 1. The summed E-state index contributed by atoms with van der Waals surface area (Å²) in [6, 6.07) is 10.8. The molecule has 1 aromatic heterocycles. The molecule has 0 radical (unpaired) electrons. The van der Waals surface area contributed by atoms with Crippen molar-refractivity contribution in [1.29, 1.82) is 0 Å². The second-order valence-corrected chi connectivity index (χ2v) is 5.32. The van der Waals surface area contributed by atoms with Crippen LogP contribution in [0.4, 0.5) is 4.39 Å². The number of aliphatic hydroxyl groups excluding tert-OH is 1. The molecule has 0 saturated heterocycles. The first kappa shape index (κ1) is 15.2. The fraction of sp³-hybridized carbons (Fsp3) is 0.176. The average Bonchev–Trinajstić information content (AvgIpc) is 3.01. The third-order valence-electron chi connectivity index (χ3n) is 3.61. The largest absolute Gasteiger partial charge is 0.394 e. The molecule has 118 valence electrons. The van der Waals surface area contributed by atoms with Gasteiger partial charge in [-0.2, -0.15) is 0 Å². The van der Waals surface area contributed by atoms with E-state index >= 15 is 0 Å². The Kier molecular flexibility index (Phi) is 4.34. The van der Waals surface area contributed by atoms with E-state index in [0.29, 0.717) is 17.5 Å². The van der Waals surface area contributed by atoms with Crippen LogP contribution in [0.2, 0.25) is 0 Å². The summed E-state index contributed by atoms with van der Waals surface area (Å²) in [7, 11) is 0. The predicted molar refractivity (Wildman–Crippen MR) is 84.5 cm³/mol. The quantitative estimate of drug-likeness (QED) is 0.674. The summed E-state index contributed by atoms with van der Waals surface area (Å²) in [6.45, 7) is -0.228. The third kappa shape index (κ3) is 3.54. The van der Waals surface area contributed by atoms with Crippen molar-refractivity contribution in [2.24, 2.45) is 0 Å². The van der Waals surface area contributed by atoms with Crippen LogP contribution in [0, 0.1) is 5.82 Å². The molecule has 0 aliphatic rings. The number of carbonyl (C=O) groups excluding carboxylic acids is 1. The first-order valence-electron chi connectivity index (χ1n) is 7.25. The van der Waals surface area contributed by atoms with E-state index in [4.69, 9.17) is 0 Å². The van der Waals surface area contributed by atoms with Crippen LogP contribution in [0.25, 0.3) is 11.0 Å². The van der Waals surface area contributed by atoms with Gasteiger partial charge in [-0.25, -0.2) is 9.37 Å². The SMILES string of the molecule is O=C(N[C@@H](CO)Cc1cccc(F)c1)c1ccc2nc[nH]c2c1. The van der Waals surface area contributed by atoms with Gasteiger partial charge in [0.05, 0.1) is 30.0 Å². The Morgan fingerprint density at radius 2 is 2.17 bits per heavy atom. The number of aromatic nitrogens is 2. The molecule has 0 spiro atoms. The van der Waals surface area contributed by atoms with Crippen LogP contribution in [-0.2, 0) is 6.42 Å². The first-order chi connectivity index (χ1) is 11.2. The minimum absolute atomic E-state index is 0.228. The van der Waals surface area contributed by atoms with Gasteiger partial charge in [0.25, 0.3) is 5.91 Å². The van der Waals surface area contributed by atoms with Gasteiger partial charge in [-0.15, -0.1) is 0 Å². The van der Waals surface area contributed by atoms with Crippen LogP contribution in [0.3, 0.4) is 0 Å². The lowest BCUT2D eigenvalue weighted by Gasteiger charge is -2.16. The van der Waals surface area contributed by atoms with Crippen LogP contribution in [0.5, 0.6) is 0 Å². The number of rotatable bonds is 5. The highest BCUT2D eigenvalue weighted by Gasteiger charge is 2.14. The van der Waals surface area contributed by atoms with Crippen molar-refractivity contribution in [2.45, 2.75) is 12.5 Å². The van der Waals surface area contributed by atoms with Crippen molar-refractivity contribution in [2.75, 3.05) is 6.61 Å². The smallest absolute Gasteiger partial charge is 0.251 e. The molecule has 0 aliphatic carbocycles. The van der Waals surface area contributed by atoms with Gasteiger partial charge < -0.3 is 15.4 Å². The minimum Gasteiger partial charge on any atom is -0.394 e. The molecule has 3 rings (SSSR count). The molecule has 1 heterocycles. The fourth-order valence-electron chi connectivity index (χ4n) is 2.46. The van der Waals surface area contributed by atoms with Gasteiger partial charge in [-0.05, 0) is 42.3 Å². The molecule has 3 aromatic rings. The first-order valence-corrected chi connectivity index (χ1v) is 7.25. The molecule has 1 amide bonds. The van der Waals surface area contributed by atoms with Crippen molar-refractivity contribution in [3.63, 3.8) is 0 Å². The van der Waals surface area contributed by atoms with Gasteiger partial charge in [0, 0.05) is 5.56 Å². The van der Waals surface area contributed by atoms with E-state index < -0.39 is 6.04 Å². The van der Waals surface area contributed by atoms with Crippen LogP contribution in [-0.4, -0.2) is 33.6 Å². The van der Waals surface area contributed by atoms with Gasteiger partial charge in [-0.1, -0.05) is 12.1 Å². The fourth-order valence-corrected chi connectivity index (χ4v) is 2.46. The molecular formula is C17H16FN3O2. The number of hydrogen-bond donors (Lipinski definition) is 3. The van der Waals surface area contributed by atoms with E-state index in [1.165, 1.54) is 12.1 Å². The van der Waals surface area contributed by atoms with Crippen molar-refractivity contribution < 1.29 is 14.3 Å². The maximum absolute atomic E-state index is 13.2. The molecule has 0 saturated carbocycles. The molecule has 23 heavy (non-hydrogen) atoms. The monoisotopic (exact) mass is 313 g/mol. The molecule has 3 N–H and O–H groups in total. The van der Waals surface area contributed by atoms with E-state index in [-0.39, 0.29) is 18.3 Å². The Hall–Kier alpha value is -2.73. The molecule has 0 unspecified atom stereocenters. The molecule has 5 nitrogen and oxygen atoms in total. The van der Waals surface area contributed by atoms with Crippen LogP contribution in [0.1, 0.15) is 15.9 Å². The number of imidazole rings is 1. The van der Waals surface area contributed by atoms with E-state index in [2.05, 4.69) is 15.3 Å². The summed E-state index contributed by atoms with van der Waals surface area (Å²) in [5.41, 5.74) is 2.73. The number of fused-ring (bicyclic) bond motifs is 1. The zero-order valence-corrected chi connectivity index (χ0v) is 12.3. The lowest BCUT2D eigenvalue weighted by Crippen LogP contribution is -2.39. The topological polar surface area (TPSA) is 78.0 Å². The van der Waals surface area contributed by atoms with Crippen molar-refractivity contribution in [1.82, 2.24) is 15.3 Å². The van der Waals surface area contributed by atoms with Gasteiger partial charge >= 0.3 is 0 Å². The van der Waals surface area contributed by atoms with Crippen LogP contribution in [0.15, 0.2) is 48.8 Å². The van der Waals surface area contributed by atoms with E-state index in [1.807, 2.05) is 0 Å². The third-order valence-corrected chi connectivity index (χ3v) is 3.61. The Balaban J connectivity index is 1.71. The van der Waals surface area contributed by atoms with Gasteiger partial charge in [0.1, 0.15) is 5.82 Å².